The van der Waals surface area contributed by atoms with Gasteiger partial charge in [0.15, 0.2) is 11.6 Å². The number of nitrogens with zero attached hydrogens (tertiary/aromatic N) is 3. The fourth-order valence-corrected chi connectivity index (χ4v) is 2.65. The molecule has 1 atom stereocenters. The Labute approximate surface area is 156 Å². The molecule has 0 saturated carbocycles. The number of H-pyrrole nitrogens is 1. The smallest absolute Gasteiger partial charge is 0.329 e. The summed E-state index contributed by atoms with van der Waals surface area (Å²) >= 11 is 0. The van der Waals surface area contributed by atoms with Gasteiger partial charge in [-0.3, -0.25) is 19.1 Å². The molecular weight excluding hydrogens is 372 g/mol. The van der Waals surface area contributed by atoms with E-state index in [-0.39, 0.29) is 5.52 Å². The number of fused-ring (bicyclic) bond motifs is 1. The number of rotatable bonds is 4. The average molecular weight is 385 g/mol. The van der Waals surface area contributed by atoms with Crippen LogP contribution in [0.4, 0.5) is 8.78 Å². The molecule has 2 aromatic heterocycles. The lowest BCUT2D eigenvalue weighted by Crippen LogP contribution is -2.41. The minimum atomic E-state index is -1.40. The van der Waals surface area contributed by atoms with Gasteiger partial charge in [-0.05, 0) is 31.2 Å². The number of halogens is 2. The molecule has 0 aliphatic rings. The molecule has 142 valence electrons. The monoisotopic (exact) mass is 385 g/mol. The van der Waals surface area contributed by atoms with Crippen molar-refractivity contribution in [2.45, 2.75) is 19.5 Å². The van der Waals surface area contributed by atoms with Gasteiger partial charge in [0.05, 0.1) is 22.8 Å². The van der Waals surface area contributed by atoms with Crippen molar-refractivity contribution in [3.8, 4) is 6.07 Å². The van der Waals surface area contributed by atoms with E-state index in [9.17, 15) is 23.2 Å². The predicted octanol–water partition coefficient (Wildman–Crippen LogP) is 1.11. The molecule has 28 heavy (non-hydrogen) atoms. The van der Waals surface area contributed by atoms with E-state index in [4.69, 9.17) is 5.26 Å². The van der Waals surface area contributed by atoms with Crippen molar-refractivity contribution in [2.75, 3.05) is 0 Å². The van der Waals surface area contributed by atoms with E-state index < -0.39 is 46.8 Å². The van der Waals surface area contributed by atoms with Crippen LogP contribution in [-0.2, 0) is 11.3 Å². The first-order valence-electron chi connectivity index (χ1n) is 8.08. The van der Waals surface area contributed by atoms with Gasteiger partial charge in [-0.1, -0.05) is 0 Å². The van der Waals surface area contributed by atoms with E-state index in [0.29, 0.717) is 15.8 Å². The second kappa shape index (κ2) is 7.40. The third kappa shape index (κ3) is 3.50. The van der Waals surface area contributed by atoms with Crippen LogP contribution in [0.15, 0.2) is 40.1 Å². The second-order valence-electron chi connectivity index (χ2n) is 5.98. The van der Waals surface area contributed by atoms with E-state index in [1.807, 2.05) is 6.07 Å². The topological polar surface area (TPSA) is 121 Å². The molecule has 2 N–H and O–H groups in total. The Morgan fingerprint density at radius 3 is 2.71 bits per heavy atom. The fourth-order valence-electron chi connectivity index (χ4n) is 2.65. The summed E-state index contributed by atoms with van der Waals surface area (Å²) in [6.45, 7) is 0.926. The van der Waals surface area contributed by atoms with Crippen LogP contribution >= 0.6 is 0 Å². The first-order valence-corrected chi connectivity index (χ1v) is 8.08. The van der Waals surface area contributed by atoms with Crippen LogP contribution in [0.5, 0.6) is 0 Å². The Kier molecular flexibility index (Phi) is 5.00. The largest absolute Gasteiger partial charge is 0.346 e. The van der Waals surface area contributed by atoms with Crippen LogP contribution in [0.1, 0.15) is 24.2 Å². The van der Waals surface area contributed by atoms with Gasteiger partial charge in [0, 0.05) is 6.20 Å². The Bertz CT molecular complexity index is 1230. The quantitative estimate of drug-likeness (QED) is 0.697. The zero-order chi connectivity index (χ0) is 20.4. The summed E-state index contributed by atoms with van der Waals surface area (Å²) in [6, 6.07) is 6.28. The molecule has 0 radical (unpaired) electrons. The molecule has 0 aliphatic heterocycles. The van der Waals surface area contributed by atoms with E-state index in [2.05, 4.69) is 15.3 Å². The maximum atomic E-state index is 14.0. The minimum Gasteiger partial charge on any atom is -0.346 e. The van der Waals surface area contributed by atoms with Gasteiger partial charge in [0.2, 0.25) is 5.91 Å². The highest BCUT2D eigenvalue weighted by atomic mass is 19.2. The number of amides is 1. The van der Waals surface area contributed by atoms with E-state index in [1.54, 1.807) is 13.0 Å². The van der Waals surface area contributed by atoms with E-state index in [1.165, 1.54) is 12.3 Å². The normalized spacial score (nSPS) is 11.8. The summed E-state index contributed by atoms with van der Waals surface area (Å²) in [5.74, 6) is -3.35. The van der Waals surface area contributed by atoms with Crippen molar-refractivity contribution in [1.29, 1.82) is 5.26 Å². The number of pyridine rings is 1. The molecule has 3 rings (SSSR count). The number of carbonyl (C=O) groups is 1. The van der Waals surface area contributed by atoms with Crippen molar-refractivity contribution < 1.29 is 13.6 Å². The molecule has 0 spiro atoms. The number of carbonyl (C=O) groups excluding carboxylic acids is 1. The number of aromatic nitrogens is 3. The van der Waals surface area contributed by atoms with Crippen LogP contribution in [0.2, 0.25) is 0 Å². The van der Waals surface area contributed by atoms with Crippen LogP contribution < -0.4 is 16.6 Å². The number of nitriles is 1. The molecule has 3 aromatic rings. The van der Waals surface area contributed by atoms with Crippen molar-refractivity contribution in [3.05, 3.63) is 74.2 Å². The third-order valence-electron chi connectivity index (χ3n) is 4.08. The minimum absolute atomic E-state index is 0.166. The summed E-state index contributed by atoms with van der Waals surface area (Å²) in [5.41, 5.74) is -1.40. The molecule has 1 amide bonds. The summed E-state index contributed by atoms with van der Waals surface area (Å²) in [7, 11) is 0. The molecule has 1 aromatic carbocycles. The Morgan fingerprint density at radius 2 is 2.07 bits per heavy atom. The molecule has 0 aliphatic carbocycles. The van der Waals surface area contributed by atoms with Crippen LogP contribution in [0.25, 0.3) is 10.9 Å². The number of aromatic amines is 1. The van der Waals surface area contributed by atoms with Gasteiger partial charge < -0.3 is 10.3 Å². The molecule has 0 bridgehead atoms. The zero-order valence-electron chi connectivity index (χ0n) is 14.5. The summed E-state index contributed by atoms with van der Waals surface area (Å²) < 4.78 is 27.9. The highest BCUT2D eigenvalue weighted by Crippen LogP contribution is 2.14. The zero-order valence-corrected chi connectivity index (χ0v) is 14.5. The Hall–Kier alpha value is -3.87. The van der Waals surface area contributed by atoms with Gasteiger partial charge >= 0.3 is 5.69 Å². The van der Waals surface area contributed by atoms with Crippen LogP contribution in [-0.4, -0.2) is 20.4 Å². The third-order valence-corrected chi connectivity index (χ3v) is 4.08. The summed E-state index contributed by atoms with van der Waals surface area (Å²) in [4.78, 5) is 43.0. The van der Waals surface area contributed by atoms with E-state index in [0.717, 1.165) is 12.1 Å². The molecule has 8 nitrogen and oxygen atoms in total. The van der Waals surface area contributed by atoms with Crippen LogP contribution in [0, 0.1) is 23.0 Å². The molecular formula is C18H13F2N5O3. The van der Waals surface area contributed by atoms with Crippen molar-refractivity contribution in [2.24, 2.45) is 0 Å². The summed E-state index contributed by atoms with van der Waals surface area (Å²) in [5, 5.41) is 10.7. The van der Waals surface area contributed by atoms with Crippen molar-refractivity contribution in [3.63, 3.8) is 0 Å². The highest BCUT2D eigenvalue weighted by Gasteiger charge is 2.18. The second-order valence-corrected chi connectivity index (χ2v) is 5.98. The van der Waals surface area contributed by atoms with Gasteiger partial charge in [-0.15, -0.1) is 0 Å². The maximum Gasteiger partial charge on any atom is 0.329 e. The molecule has 2 heterocycles. The highest BCUT2D eigenvalue weighted by molar-refractivity contribution is 5.79. The van der Waals surface area contributed by atoms with Crippen molar-refractivity contribution in [1.82, 2.24) is 19.9 Å². The molecule has 0 fully saturated rings. The van der Waals surface area contributed by atoms with Gasteiger partial charge in [-0.2, -0.15) is 5.26 Å². The lowest BCUT2D eigenvalue weighted by atomic mass is 10.2. The lowest BCUT2D eigenvalue weighted by Gasteiger charge is -2.14. The molecule has 0 unspecified atom stereocenters. The number of hydrogen-bond acceptors (Lipinski definition) is 5. The number of benzene rings is 1. The number of hydrogen-bond donors (Lipinski definition) is 2. The maximum absolute atomic E-state index is 14.0. The first kappa shape index (κ1) is 18.9. The number of nitrogens with one attached hydrogen (secondary N) is 2. The average Bonchev–Trinajstić information content (AvgIpc) is 2.68. The predicted molar refractivity (Wildman–Crippen MR) is 94.3 cm³/mol. The molecule has 0 saturated heterocycles. The van der Waals surface area contributed by atoms with Gasteiger partial charge in [0.25, 0.3) is 5.56 Å². The van der Waals surface area contributed by atoms with Crippen LogP contribution in [0.3, 0.4) is 0 Å². The Morgan fingerprint density at radius 1 is 1.32 bits per heavy atom. The van der Waals surface area contributed by atoms with Gasteiger partial charge in [-0.25, -0.2) is 13.6 Å². The lowest BCUT2D eigenvalue weighted by molar-refractivity contribution is -0.122. The Balaban J connectivity index is 1.86. The van der Waals surface area contributed by atoms with Crippen molar-refractivity contribution >= 4 is 16.8 Å². The fraction of sp³-hybridized carbons (Fsp3) is 0.167. The SMILES string of the molecule is C[C@H](NC(=O)Cn1c(=O)[nH]c2ccc(F)c(F)c2c1=O)c1ccc(C#N)cn1. The molecule has 10 heteroatoms. The summed E-state index contributed by atoms with van der Waals surface area (Å²) in [6.07, 6.45) is 1.34. The first-order chi connectivity index (χ1) is 13.3. The van der Waals surface area contributed by atoms with E-state index >= 15 is 0 Å². The van der Waals surface area contributed by atoms with Gasteiger partial charge in [0.1, 0.15) is 18.0 Å². The standard InChI is InChI=1S/C18H13F2N5O3/c1-9(12-4-2-10(6-21)7-22-12)23-14(26)8-25-17(27)15-13(24-18(25)28)5-3-11(19)16(15)20/h2-5,7,9H,8H2,1H3,(H,23,26)(H,24,28)/t9-/m0/s1.